The third kappa shape index (κ3) is 4.76. The number of para-hydroxylation sites is 1. The van der Waals surface area contributed by atoms with Crippen molar-refractivity contribution in [2.24, 2.45) is 0 Å². The summed E-state index contributed by atoms with van der Waals surface area (Å²) in [5, 5.41) is 2.51. The Labute approximate surface area is 322 Å². The van der Waals surface area contributed by atoms with Gasteiger partial charge in [0.1, 0.15) is 0 Å². The molecule has 0 saturated heterocycles. The maximum absolute atomic E-state index is 5.00. The largest absolute Gasteiger partial charge is 0.309 e. The SMILES string of the molecule is CC1(C)c2ccc3c4ccccc4n(-c4ccc(-c5nc(-c6ccccc6)nc(-c6ccccc6)n5)cc4)c3c2-c2ccc3c(c21)Sc1ccccc1S3. The number of fused-ring (bicyclic) bond motifs is 10. The van der Waals surface area contributed by atoms with Crippen molar-refractivity contribution in [3.8, 4) is 51.0 Å². The van der Waals surface area contributed by atoms with Crippen LogP contribution in [0.1, 0.15) is 25.0 Å². The predicted molar refractivity (Wildman–Crippen MR) is 223 cm³/mol. The van der Waals surface area contributed by atoms with E-state index in [-0.39, 0.29) is 5.41 Å². The minimum Gasteiger partial charge on any atom is -0.309 e. The van der Waals surface area contributed by atoms with Gasteiger partial charge < -0.3 is 4.57 Å². The van der Waals surface area contributed by atoms with Gasteiger partial charge in [-0.15, -0.1) is 0 Å². The molecule has 2 aliphatic rings. The average Bonchev–Trinajstić information content (AvgIpc) is 3.69. The maximum Gasteiger partial charge on any atom is 0.164 e. The normalized spacial score (nSPS) is 13.7. The van der Waals surface area contributed by atoms with Gasteiger partial charge in [-0.3, -0.25) is 0 Å². The van der Waals surface area contributed by atoms with E-state index in [0.29, 0.717) is 17.5 Å². The summed E-state index contributed by atoms with van der Waals surface area (Å²) in [6.07, 6.45) is 0. The van der Waals surface area contributed by atoms with E-state index in [9.17, 15) is 0 Å². The highest BCUT2D eigenvalue weighted by Gasteiger charge is 2.41. The van der Waals surface area contributed by atoms with Crippen LogP contribution in [0.15, 0.2) is 177 Å². The Kier molecular flexibility index (Phi) is 7.04. The Morgan fingerprint density at radius 2 is 1.06 bits per heavy atom. The molecule has 4 nitrogen and oxygen atoms in total. The topological polar surface area (TPSA) is 43.6 Å². The minimum atomic E-state index is -0.166. The first kappa shape index (κ1) is 31.6. The van der Waals surface area contributed by atoms with Crippen LogP contribution in [0.5, 0.6) is 0 Å². The van der Waals surface area contributed by atoms with Gasteiger partial charge in [0.05, 0.1) is 11.0 Å². The zero-order chi connectivity index (χ0) is 36.0. The van der Waals surface area contributed by atoms with Crippen LogP contribution >= 0.6 is 23.5 Å². The average molecular weight is 729 g/mol. The van der Waals surface area contributed by atoms with Crippen LogP contribution in [0.25, 0.3) is 72.8 Å². The summed E-state index contributed by atoms with van der Waals surface area (Å²) < 4.78 is 2.47. The Morgan fingerprint density at radius 1 is 0.481 bits per heavy atom. The van der Waals surface area contributed by atoms with Gasteiger partial charge in [-0.25, -0.2) is 15.0 Å². The summed E-state index contributed by atoms with van der Waals surface area (Å²) in [5.74, 6) is 1.96. The third-order valence-corrected chi connectivity index (χ3v) is 13.5. The fourth-order valence-electron chi connectivity index (χ4n) is 8.37. The summed E-state index contributed by atoms with van der Waals surface area (Å²) in [5.41, 5.74) is 11.7. The molecule has 1 aliphatic heterocycles. The molecule has 54 heavy (non-hydrogen) atoms. The van der Waals surface area contributed by atoms with Gasteiger partial charge in [0.15, 0.2) is 17.5 Å². The Morgan fingerprint density at radius 3 is 1.72 bits per heavy atom. The Bertz CT molecular complexity index is 2890. The first-order valence-corrected chi connectivity index (χ1v) is 19.8. The van der Waals surface area contributed by atoms with E-state index < -0.39 is 0 Å². The molecule has 0 amide bonds. The monoisotopic (exact) mass is 728 g/mol. The first-order valence-electron chi connectivity index (χ1n) is 18.2. The van der Waals surface area contributed by atoms with Gasteiger partial charge in [0.25, 0.3) is 0 Å². The smallest absolute Gasteiger partial charge is 0.164 e. The highest BCUT2D eigenvalue weighted by atomic mass is 32.2. The molecule has 11 rings (SSSR count). The van der Waals surface area contributed by atoms with Gasteiger partial charge in [-0.2, -0.15) is 0 Å². The van der Waals surface area contributed by atoms with Crippen LogP contribution in [-0.2, 0) is 5.41 Å². The van der Waals surface area contributed by atoms with Crippen LogP contribution in [0.4, 0.5) is 0 Å². The number of nitrogens with zero attached hydrogens (tertiary/aromatic N) is 4. The molecule has 2 aromatic heterocycles. The number of rotatable bonds is 4. The number of aromatic nitrogens is 4. The van der Waals surface area contributed by atoms with Gasteiger partial charge in [-0.1, -0.05) is 147 Å². The molecule has 7 aromatic carbocycles. The number of hydrogen-bond acceptors (Lipinski definition) is 5. The third-order valence-electron chi connectivity index (χ3n) is 10.9. The first-order chi connectivity index (χ1) is 26.5. The second kappa shape index (κ2) is 12.0. The van der Waals surface area contributed by atoms with Crippen molar-refractivity contribution in [3.05, 3.63) is 169 Å². The fraction of sp³-hybridized carbons (Fsp3) is 0.0625. The summed E-state index contributed by atoms with van der Waals surface area (Å²) in [6, 6.07) is 56.0. The zero-order valence-corrected chi connectivity index (χ0v) is 31.2. The van der Waals surface area contributed by atoms with Crippen molar-refractivity contribution in [1.82, 2.24) is 19.5 Å². The van der Waals surface area contributed by atoms with E-state index in [1.165, 1.54) is 63.6 Å². The van der Waals surface area contributed by atoms with Crippen molar-refractivity contribution in [3.63, 3.8) is 0 Å². The second-order valence-electron chi connectivity index (χ2n) is 14.4. The maximum atomic E-state index is 5.00. The van der Waals surface area contributed by atoms with Crippen molar-refractivity contribution >= 4 is 45.3 Å². The number of hydrogen-bond donors (Lipinski definition) is 0. The second-order valence-corrected chi connectivity index (χ2v) is 16.5. The molecule has 0 fully saturated rings. The van der Waals surface area contributed by atoms with E-state index in [1.54, 1.807) is 0 Å². The summed E-state index contributed by atoms with van der Waals surface area (Å²) in [6.45, 7) is 4.80. The van der Waals surface area contributed by atoms with E-state index in [0.717, 1.165) is 22.4 Å². The van der Waals surface area contributed by atoms with Crippen molar-refractivity contribution in [1.29, 1.82) is 0 Å². The number of benzene rings is 7. The van der Waals surface area contributed by atoms with Gasteiger partial charge in [0, 0.05) is 63.7 Å². The van der Waals surface area contributed by atoms with Gasteiger partial charge >= 0.3 is 0 Å². The minimum absolute atomic E-state index is 0.166. The molecule has 9 aromatic rings. The van der Waals surface area contributed by atoms with Gasteiger partial charge in [-0.05, 0) is 65.2 Å². The quantitative estimate of drug-likeness (QED) is 0.180. The molecule has 256 valence electrons. The van der Waals surface area contributed by atoms with Crippen molar-refractivity contribution in [2.45, 2.75) is 38.8 Å². The zero-order valence-electron chi connectivity index (χ0n) is 29.6. The lowest BCUT2D eigenvalue weighted by atomic mass is 9.82. The van der Waals surface area contributed by atoms with Crippen molar-refractivity contribution in [2.75, 3.05) is 0 Å². The standard InChI is InChI=1S/C48H32N4S2/c1-48(2)36-27-25-34-33-17-9-10-18-37(33)52(43(34)41(36)35-26-28-40-44(42(35)48)54-39-20-12-11-19-38(39)53-40)32-23-21-31(22-24-32)47-50-45(29-13-5-3-6-14-29)49-46(51-47)30-15-7-4-8-16-30/h3-28H,1-2H3. The summed E-state index contributed by atoms with van der Waals surface area (Å²) >= 11 is 3.82. The Hall–Kier alpha value is -5.95. The van der Waals surface area contributed by atoms with Crippen LogP contribution < -0.4 is 0 Å². The molecule has 3 heterocycles. The molecule has 6 heteroatoms. The van der Waals surface area contributed by atoms with Crippen LogP contribution in [0.3, 0.4) is 0 Å². The van der Waals surface area contributed by atoms with Crippen LogP contribution in [0, 0.1) is 0 Å². The molecule has 0 radical (unpaired) electrons. The lowest BCUT2D eigenvalue weighted by Crippen LogP contribution is -2.17. The van der Waals surface area contributed by atoms with E-state index in [4.69, 9.17) is 15.0 Å². The molecule has 0 bridgehead atoms. The molecular formula is C48H32N4S2. The molecule has 0 atom stereocenters. The molecule has 0 saturated carbocycles. The highest BCUT2D eigenvalue weighted by Crippen LogP contribution is 2.60. The lowest BCUT2D eigenvalue weighted by Gasteiger charge is -2.28. The molecule has 1 aliphatic carbocycles. The molecule has 0 spiro atoms. The Balaban J connectivity index is 1.09. The highest BCUT2D eigenvalue weighted by molar-refractivity contribution is 8.05. The van der Waals surface area contributed by atoms with Crippen LogP contribution in [0.2, 0.25) is 0 Å². The molecule has 0 N–H and O–H groups in total. The fourth-order valence-corrected chi connectivity index (χ4v) is 10.9. The van der Waals surface area contributed by atoms with Gasteiger partial charge in [0.2, 0.25) is 0 Å². The predicted octanol–water partition coefficient (Wildman–Crippen LogP) is 12.9. The summed E-state index contributed by atoms with van der Waals surface area (Å²) in [4.78, 5) is 20.3. The lowest BCUT2D eigenvalue weighted by molar-refractivity contribution is 0.642. The van der Waals surface area contributed by atoms with E-state index >= 15 is 0 Å². The van der Waals surface area contributed by atoms with E-state index in [2.05, 4.69) is 115 Å². The molecule has 0 unspecified atom stereocenters. The van der Waals surface area contributed by atoms with Crippen LogP contribution in [-0.4, -0.2) is 19.5 Å². The van der Waals surface area contributed by atoms with E-state index in [1.807, 2.05) is 84.2 Å². The molecular weight excluding hydrogens is 697 g/mol. The van der Waals surface area contributed by atoms with Crippen molar-refractivity contribution < 1.29 is 0 Å². The summed E-state index contributed by atoms with van der Waals surface area (Å²) in [7, 11) is 0.